The molecule has 21 heavy (non-hydrogen) atoms. The van der Waals surface area contributed by atoms with Crippen molar-refractivity contribution in [1.29, 1.82) is 0 Å². The highest BCUT2D eigenvalue weighted by Crippen LogP contribution is 2.21. The fourth-order valence-electron chi connectivity index (χ4n) is 2.32. The zero-order chi connectivity index (χ0) is 15.5. The zero-order valence-electron chi connectivity index (χ0n) is 11.9. The fourth-order valence-corrected chi connectivity index (χ4v) is 4.97. The van der Waals surface area contributed by atoms with Gasteiger partial charge in [-0.2, -0.15) is 0 Å². The van der Waals surface area contributed by atoms with Gasteiger partial charge in [0.05, 0.1) is 11.5 Å². The van der Waals surface area contributed by atoms with Crippen molar-refractivity contribution < 1.29 is 16.8 Å². The number of sulfonamides is 1. The lowest BCUT2D eigenvalue weighted by atomic mass is 9.95. The molecule has 0 amide bonds. The van der Waals surface area contributed by atoms with Crippen LogP contribution in [0.4, 0.5) is 0 Å². The van der Waals surface area contributed by atoms with Crippen molar-refractivity contribution in [3.63, 3.8) is 0 Å². The van der Waals surface area contributed by atoms with Crippen molar-refractivity contribution >= 4 is 19.9 Å². The summed E-state index contributed by atoms with van der Waals surface area (Å²) in [5.41, 5.74) is 2.31. The van der Waals surface area contributed by atoms with Gasteiger partial charge in [-0.15, -0.1) is 0 Å². The van der Waals surface area contributed by atoms with Crippen LogP contribution in [0.5, 0.6) is 0 Å². The van der Waals surface area contributed by atoms with E-state index in [1.54, 1.807) is 0 Å². The first kappa shape index (κ1) is 16.4. The quantitative estimate of drug-likeness (QED) is 0.755. The van der Waals surface area contributed by atoms with Gasteiger partial charge in [0.1, 0.15) is 9.84 Å². The molecular formula is C13H20N2O4S2. The summed E-state index contributed by atoms with van der Waals surface area (Å²) >= 11 is 0. The van der Waals surface area contributed by atoms with Gasteiger partial charge in [0.15, 0.2) is 0 Å². The maximum Gasteiger partial charge on any atom is 0.212 e. The van der Waals surface area contributed by atoms with Crippen LogP contribution in [0, 0.1) is 0 Å². The molecule has 1 aromatic carbocycles. The normalized spacial score (nSPS) is 19.2. The number of hydrogen-bond acceptors (Lipinski definition) is 5. The van der Waals surface area contributed by atoms with Crippen molar-refractivity contribution in [3.8, 4) is 0 Å². The van der Waals surface area contributed by atoms with Crippen LogP contribution in [-0.2, 0) is 26.3 Å². The topological polar surface area (TPSA) is 92.3 Å². The molecule has 0 bridgehead atoms. The average Bonchev–Trinajstić information content (AvgIpc) is 2.42. The van der Waals surface area contributed by atoms with E-state index in [0.717, 1.165) is 24.8 Å². The first-order chi connectivity index (χ1) is 9.77. The molecule has 118 valence electrons. The lowest BCUT2D eigenvalue weighted by Gasteiger charge is -2.27. The highest BCUT2D eigenvalue weighted by Gasteiger charge is 2.21. The van der Waals surface area contributed by atoms with Gasteiger partial charge in [0.25, 0.3) is 0 Å². The van der Waals surface area contributed by atoms with E-state index in [1.165, 1.54) is 5.56 Å². The van der Waals surface area contributed by atoms with Crippen LogP contribution in [0.25, 0.3) is 0 Å². The first-order valence-corrected chi connectivity index (χ1v) is 10.4. The van der Waals surface area contributed by atoms with E-state index in [1.807, 2.05) is 24.3 Å². The second-order valence-electron chi connectivity index (χ2n) is 5.25. The summed E-state index contributed by atoms with van der Waals surface area (Å²) in [6, 6.07) is 7.84. The predicted octanol–water partition coefficient (Wildman–Crippen LogP) is -0.163. The third-order valence-electron chi connectivity index (χ3n) is 3.45. The number of nitrogens with one attached hydrogen (secondary N) is 2. The Kier molecular flexibility index (Phi) is 5.03. The molecule has 1 unspecified atom stereocenters. The Morgan fingerprint density at radius 2 is 1.90 bits per heavy atom. The average molecular weight is 332 g/mol. The molecule has 0 aromatic heterocycles. The Balaban J connectivity index is 1.98. The maximum atomic E-state index is 11.8. The Bertz CT molecular complexity index is 699. The van der Waals surface area contributed by atoms with Gasteiger partial charge in [-0.25, -0.2) is 21.6 Å². The van der Waals surface area contributed by atoms with Crippen LogP contribution < -0.4 is 10.0 Å². The van der Waals surface area contributed by atoms with Gasteiger partial charge in [0.2, 0.25) is 10.0 Å². The molecule has 0 aliphatic carbocycles. The molecule has 2 rings (SSSR count). The molecule has 1 aliphatic rings. The fraction of sp³-hybridized carbons (Fsp3) is 0.538. The molecule has 6 nitrogen and oxygen atoms in total. The molecule has 0 radical (unpaired) electrons. The number of benzene rings is 1. The molecule has 1 atom stereocenters. The van der Waals surface area contributed by atoms with Gasteiger partial charge >= 0.3 is 0 Å². The maximum absolute atomic E-state index is 11.8. The summed E-state index contributed by atoms with van der Waals surface area (Å²) in [7, 11) is -6.87. The summed E-state index contributed by atoms with van der Waals surface area (Å²) < 4.78 is 48.2. The molecule has 1 aliphatic heterocycles. The van der Waals surface area contributed by atoms with Crippen molar-refractivity contribution in [3.05, 3.63) is 35.4 Å². The minimum atomic E-state index is -3.59. The molecule has 8 heteroatoms. The monoisotopic (exact) mass is 332 g/mol. The minimum Gasteiger partial charge on any atom is -0.308 e. The van der Waals surface area contributed by atoms with E-state index in [0.29, 0.717) is 0 Å². The van der Waals surface area contributed by atoms with E-state index in [4.69, 9.17) is 0 Å². The summed E-state index contributed by atoms with van der Waals surface area (Å²) in [5.74, 6) is -0.767. The molecule has 1 heterocycles. The third-order valence-corrected chi connectivity index (χ3v) is 6.00. The SMILES string of the molecule is CS(=O)(=O)CCS(=O)(=O)NCC1NCCc2ccccc21. The minimum absolute atomic E-state index is 0.0806. The van der Waals surface area contributed by atoms with E-state index in [-0.39, 0.29) is 18.3 Å². The van der Waals surface area contributed by atoms with Crippen molar-refractivity contribution in [2.24, 2.45) is 0 Å². The standard InChI is InChI=1S/C13H20N2O4S2/c1-20(16,17)8-9-21(18,19)15-10-13-12-5-3-2-4-11(12)6-7-14-13/h2-5,13-15H,6-10H2,1H3. The Hall–Kier alpha value is -0.960. The Labute approximate surface area is 125 Å². The number of rotatable bonds is 6. The molecule has 0 fully saturated rings. The largest absolute Gasteiger partial charge is 0.308 e. The second-order valence-corrected chi connectivity index (χ2v) is 9.44. The molecule has 1 aromatic rings. The van der Waals surface area contributed by atoms with Crippen molar-refractivity contribution in [1.82, 2.24) is 10.0 Å². The second kappa shape index (κ2) is 6.43. The van der Waals surface area contributed by atoms with Crippen LogP contribution in [0.15, 0.2) is 24.3 Å². The van der Waals surface area contributed by atoms with Gasteiger partial charge in [-0.1, -0.05) is 24.3 Å². The third kappa shape index (κ3) is 5.06. The highest BCUT2D eigenvalue weighted by atomic mass is 32.2. The summed E-state index contributed by atoms with van der Waals surface area (Å²) in [4.78, 5) is 0. The van der Waals surface area contributed by atoms with Crippen molar-refractivity contribution in [2.45, 2.75) is 12.5 Å². The summed E-state index contributed by atoms with van der Waals surface area (Å²) in [5, 5.41) is 3.28. The molecule has 0 spiro atoms. The molecule has 0 saturated heterocycles. The highest BCUT2D eigenvalue weighted by molar-refractivity contribution is 7.93. The Morgan fingerprint density at radius 3 is 2.62 bits per heavy atom. The number of hydrogen-bond donors (Lipinski definition) is 2. The summed E-state index contributed by atoms with van der Waals surface area (Å²) in [6.45, 7) is 1.02. The molecule has 2 N–H and O–H groups in total. The van der Waals surface area contributed by atoms with Crippen LogP contribution in [-0.4, -0.2) is 47.7 Å². The van der Waals surface area contributed by atoms with Gasteiger partial charge in [-0.05, 0) is 24.1 Å². The van der Waals surface area contributed by atoms with Gasteiger partial charge < -0.3 is 5.32 Å². The zero-order valence-corrected chi connectivity index (χ0v) is 13.5. The number of sulfone groups is 1. The van der Waals surface area contributed by atoms with E-state index < -0.39 is 25.6 Å². The number of fused-ring (bicyclic) bond motifs is 1. The predicted molar refractivity (Wildman–Crippen MR) is 82.4 cm³/mol. The van der Waals surface area contributed by atoms with Gasteiger partial charge in [-0.3, -0.25) is 0 Å². The lowest BCUT2D eigenvalue weighted by Crippen LogP contribution is -2.40. The van der Waals surface area contributed by atoms with Crippen molar-refractivity contribution in [2.75, 3.05) is 30.9 Å². The van der Waals surface area contributed by atoms with Crippen LogP contribution >= 0.6 is 0 Å². The van der Waals surface area contributed by atoms with Gasteiger partial charge in [0, 0.05) is 18.8 Å². The van der Waals surface area contributed by atoms with E-state index in [2.05, 4.69) is 10.0 Å². The van der Waals surface area contributed by atoms with Crippen LogP contribution in [0.3, 0.4) is 0 Å². The van der Waals surface area contributed by atoms with Crippen LogP contribution in [0.2, 0.25) is 0 Å². The molecule has 0 saturated carbocycles. The molecular weight excluding hydrogens is 312 g/mol. The first-order valence-electron chi connectivity index (χ1n) is 6.73. The Morgan fingerprint density at radius 1 is 1.19 bits per heavy atom. The summed E-state index contributed by atoms with van der Waals surface area (Å²) in [6.07, 6.45) is 1.95. The smallest absolute Gasteiger partial charge is 0.212 e. The lowest BCUT2D eigenvalue weighted by molar-refractivity contribution is 0.492. The van der Waals surface area contributed by atoms with E-state index in [9.17, 15) is 16.8 Å². The van der Waals surface area contributed by atoms with Crippen LogP contribution in [0.1, 0.15) is 17.2 Å². The van der Waals surface area contributed by atoms with E-state index >= 15 is 0 Å².